The quantitative estimate of drug-likeness (QED) is 0.940. The first kappa shape index (κ1) is 13.4. The van der Waals surface area contributed by atoms with Gasteiger partial charge < -0.3 is 5.32 Å². The molecule has 1 heterocycles. The van der Waals surface area contributed by atoms with Gasteiger partial charge in [-0.05, 0) is 24.6 Å². The van der Waals surface area contributed by atoms with E-state index < -0.39 is 0 Å². The molecule has 2 rings (SSSR count). The van der Waals surface area contributed by atoms with Crippen LogP contribution in [-0.2, 0) is 0 Å². The van der Waals surface area contributed by atoms with Crippen molar-refractivity contribution in [3.8, 4) is 0 Å². The molecular formula is C13H11ClFN3O. The fourth-order valence-corrected chi connectivity index (χ4v) is 1.66. The number of carbonyl (C=O) groups excluding carboxylic acids is 1. The first-order valence-electron chi connectivity index (χ1n) is 5.60. The summed E-state index contributed by atoms with van der Waals surface area (Å²) < 4.78 is 13.1. The molecule has 0 bridgehead atoms. The summed E-state index contributed by atoms with van der Waals surface area (Å²) in [5.41, 5.74) is 0.836. The Morgan fingerprint density at radius 1 is 1.37 bits per heavy atom. The molecule has 1 aromatic heterocycles. The number of hydrogen-bond donors (Lipinski definition) is 1. The van der Waals surface area contributed by atoms with E-state index in [2.05, 4.69) is 15.3 Å². The minimum Gasteiger partial charge on any atom is -0.344 e. The Bertz CT molecular complexity index is 589. The number of amides is 1. The maximum atomic E-state index is 13.1. The highest BCUT2D eigenvalue weighted by Crippen LogP contribution is 2.14. The Labute approximate surface area is 114 Å². The highest BCUT2D eigenvalue weighted by atomic mass is 35.5. The average Bonchev–Trinajstić information content (AvgIpc) is 2.39. The number of nitrogens with one attached hydrogen (secondary N) is 1. The van der Waals surface area contributed by atoms with Gasteiger partial charge in [0.2, 0.25) is 0 Å². The average molecular weight is 280 g/mol. The van der Waals surface area contributed by atoms with Gasteiger partial charge in [-0.25, -0.2) is 14.4 Å². The third kappa shape index (κ3) is 3.48. The van der Waals surface area contributed by atoms with Crippen LogP contribution >= 0.6 is 11.6 Å². The van der Waals surface area contributed by atoms with E-state index in [0.29, 0.717) is 5.56 Å². The highest BCUT2D eigenvalue weighted by Gasteiger charge is 2.13. The Balaban J connectivity index is 2.08. The lowest BCUT2D eigenvalue weighted by Gasteiger charge is -2.13. The smallest absolute Gasteiger partial charge is 0.271 e. The van der Waals surface area contributed by atoms with Crippen LogP contribution in [0.15, 0.2) is 36.7 Å². The van der Waals surface area contributed by atoms with Crippen molar-refractivity contribution in [2.45, 2.75) is 13.0 Å². The molecule has 0 aliphatic carbocycles. The fraction of sp³-hybridized carbons (Fsp3) is 0.154. The van der Waals surface area contributed by atoms with Crippen LogP contribution in [0.2, 0.25) is 5.15 Å². The Morgan fingerprint density at radius 3 is 2.79 bits per heavy atom. The molecule has 2 aromatic rings. The van der Waals surface area contributed by atoms with Gasteiger partial charge in [-0.15, -0.1) is 0 Å². The molecule has 0 saturated carbocycles. The summed E-state index contributed by atoms with van der Waals surface area (Å²) in [5, 5.41) is 2.93. The van der Waals surface area contributed by atoms with Gasteiger partial charge >= 0.3 is 0 Å². The Hall–Kier alpha value is -2.01. The van der Waals surface area contributed by atoms with Crippen LogP contribution in [0, 0.1) is 5.82 Å². The van der Waals surface area contributed by atoms with Gasteiger partial charge in [-0.3, -0.25) is 4.79 Å². The molecule has 0 spiro atoms. The maximum absolute atomic E-state index is 13.1. The molecule has 1 aromatic carbocycles. The van der Waals surface area contributed by atoms with E-state index >= 15 is 0 Å². The van der Waals surface area contributed by atoms with Gasteiger partial charge in [0.05, 0.1) is 18.4 Å². The van der Waals surface area contributed by atoms with E-state index in [1.165, 1.54) is 24.5 Å². The van der Waals surface area contributed by atoms with Gasteiger partial charge in [0.25, 0.3) is 5.91 Å². The van der Waals surface area contributed by atoms with E-state index in [4.69, 9.17) is 11.6 Å². The lowest BCUT2D eigenvalue weighted by atomic mass is 10.1. The van der Waals surface area contributed by atoms with Crippen molar-refractivity contribution >= 4 is 17.5 Å². The number of halogens is 2. The molecule has 0 fully saturated rings. The van der Waals surface area contributed by atoms with Crippen LogP contribution in [0.1, 0.15) is 29.0 Å². The molecule has 1 N–H and O–H groups in total. The molecule has 0 aliphatic rings. The minimum absolute atomic E-state index is 0.160. The van der Waals surface area contributed by atoms with Crippen LogP contribution in [0.25, 0.3) is 0 Å². The van der Waals surface area contributed by atoms with Crippen LogP contribution in [0.3, 0.4) is 0 Å². The molecule has 1 unspecified atom stereocenters. The number of rotatable bonds is 3. The zero-order chi connectivity index (χ0) is 13.8. The summed E-state index contributed by atoms with van der Waals surface area (Å²) in [6.45, 7) is 1.76. The van der Waals surface area contributed by atoms with Gasteiger partial charge in [-0.2, -0.15) is 0 Å². The number of carbonyl (C=O) groups is 1. The van der Waals surface area contributed by atoms with E-state index in [-0.39, 0.29) is 28.6 Å². The molecule has 0 aliphatic heterocycles. The third-order valence-corrected chi connectivity index (χ3v) is 2.74. The molecule has 19 heavy (non-hydrogen) atoms. The second-order valence-electron chi connectivity index (χ2n) is 3.97. The zero-order valence-electron chi connectivity index (χ0n) is 10.1. The van der Waals surface area contributed by atoms with Crippen molar-refractivity contribution in [2.24, 2.45) is 0 Å². The van der Waals surface area contributed by atoms with Crippen molar-refractivity contribution in [1.29, 1.82) is 0 Å². The van der Waals surface area contributed by atoms with E-state index in [0.717, 1.165) is 0 Å². The van der Waals surface area contributed by atoms with E-state index in [9.17, 15) is 9.18 Å². The van der Waals surface area contributed by atoms with Crippen molar-refractivity contribution in [3.05, 3.63) is 58.9 Å². The molecule has 4 nitrogen and oxygen atoms in total. The predicted molar refractivity (Wildman–Crippen MR) is 69.3 cm³/mol. The summed E-state index contributed by atoms with van der Waals surface area (Å²) in [6, 6.07) is 5.72. The van der Waals surface area contributed by atoms with Gasteiger partial charge in [0.15, 0.2) is 0 Å². The lowest BCUT2D eigenvalue weighted by Crippen LogP contribution is -2.27. The molecule has 0 radical (unpaired) electrons. The minimum atomic E-state index is -0.388. The van der Waals surface area contributed by atoms with Crippen LogP contribution in [0.5, 0.6) is 0 Å². The number of benzene rings is 1. The number of nitrogens with zero attached hydrogens (tertiary/aromatic N) is 2. The predicted octanol–water partition coefficient (Wildman–Crippen LogP) is 2.76. The van der Waals surface area contributed by atoms with E-state index in [1.807, 2.05) is 0 Å². The van der Waals surface area contributed by atoms with Crippen LogP contribution in [-0.4, -0.2) is 15.9 Å². The van der Waals surface area contributed by atoms with Crippen LogP contribution in [0.4, 0.5) is 4.39 Å². The topological polar surface area (TPSA) is 54.9 Å². The standard InChI is InChI=1S/C13H11ClFN3O/c1-8(9-3-2-4-10(15)5-9)18-13(19)11-6-17-12(14)7-16-11/h2-8H,1H3,(H,18,19). The van der Waals surface area contributed by atoms with E-state index in [1.54, 1.807) is 19.1 Å². The van der Waals surface area contributed by atoms with Crippen molar-refractivity contribution in [2.75, 3.05) is 0 Å². The van der Waals surface area contributed by atoms with Gasteiger partial charge in [-0.1, -0.05) is 23.7 Å². The molecule has 6 heteroatoms. The molecule has 1 amide bonds. The second kappa shape index (κ2) is 5.75. The summed E-state index contributed by atoms with van der Waals surface area (Å²) in [4.78, 5) is 19.5. The van der Waals surface area contributed by atoms with Crippen molar-refractivity contribution in [1.82, 2.24) is 15.3 Å². The third-order valence-electron chi connectivity index (χ3n) is 2.55. The van der Waals surface area contributed by atoms with Gasteiger partial charge in [0.1, 0.15) is 16.7 Å². The summed E-state index contributed by atoms with van der Waals surface area (Å²) in [6.07, 6.45) is 2.58. The number of aromatic nitrogens is 2. The fourth-order valence-electron chi connectivity index (χ4n) is 1.56. The summed E-state index contributed by atoms with van der Waals surface area (Å²) >= 11 is 5.59. The van der Waals surface area contributed by atoms with Crippen LogP contribution < -0.4 is 5.32 Å². The van der Waals surface area contributed by atoms with Crippen molar-refractivity contribution in [3.63, 3.8) is 0 Å². The molecule has 1 atom stereocenters. The Morgan fingerprint density at radius 2 is 2.16 bits per heavy atom. The summed E-state index contributed by atoms with van der Waals surface area (Å²) in [5.74, 6) is -0.731. The number of hydrogen-bond acceptors (Lipinski definition) is 3. The molecule has 98 valence electrons. The summed E-state index contributed by atoms with van der Waals surface area (Å²) in [7, 11) is 0. The monoisotopic (exact) mass is 279 g/mol. The first-order chi connectivity index (χ1) is 9.06. The molecule has 0 saturated heterocycles. The molecular weight excluding hydrogens is 269 g/mol. The van der Waals surface area contributed by atoms with Gasteiger partial charge in [0, 0.05) is 0 Å². The SMILES string of the molecule is CC(NC(=O)c1cnc(Cl)cn1)c1cccc(F)c1. The maximum Gasteiger partial charge on any atom is 0.271 e. The zero-order valence-corrected chi connectivity index (χ0v) is 10.9. The normalized spacial score (nSPS) is 11.9. The Kier molecular flexibility index (Phi) is 4.06. The first-order valence-corrected chi connectivity index (χ1v) is 5.98. The second-order valence-corrected chi connectivity index (χ2v) is 4.36. The lowest BCUT2D eigenvalue weighted by molar-refractivity contribution is 0.0934. The van der Waals surface area contributed by atoms with Crippen molar-refractivity contribution < 1.29 is 9.18 Å². The highest BCUT2D eigenvalue weighted by molar-refractivity contribution is 6.29. The largest absolute Gasteiger partial charge is 0.344 e.